The molecule has 14 heavy (non-hydrogen) atoms. The van der Waals surface area contributed by atoms with Crippen molar-refractivity contribution in [3.63, 3.8) is 0 Å². The van der Waals surface area contributed by atoms with Crippen LogP contribution in [0.2, 0.25) is 0 Å². The van der Waals surface area contributed by atoms with Crippen molar-refractivity contribution in [2.75, 3.05) is 0 Å². The topological polar surface area (TPSA) is 38.9 Å². The van der Waals surface area contributed by atoms with Crippen molar-refractivity contribution in [2.24, 2.45) is 0 Å². The van der Waals surface area contributed by atoms with Gasteiger partial charge in [-0.25, -0.2) is 0 Å². The summed E-state index contributed by atoms with van der Waals surface area (Å²) in [6, 6.07) is 8.02. The van der Waals surface area contributed by atoms with Crippen molar-refractivity contribution in [1.82, 2.24) is 10.2 Å². The van der Waals surface area contributed by atoms with Crippen LogP contribution in [0.5, 0.6) is 0 Å². The van der Waals surface area contributed by atoms with E-state index in [1.807, 2.05) is 18.2 Å². The highest BCUT2D eigenvalue weighted by molar-refractivity contribution is 9.10. The quantitative estimate of drug-likeness (QED) is 0.825. The van der Waals surface area contributed by atoms with Crippen molar-refractivity contribution in [2.45, 2.75) is 13.3 Å². The second kappa shape index (κ2) is 3.92. The Morgan fingerprint density at radius 1 is 1.29 bits per heavy atom. The first-order valence-corrected chi connectivity index (χ1v) is 5.18. The summed E-state index contributed by atoms with van der Waals surface area (Å²) in [5.74, 6) is 0.564. The van der Waals surface area contributed by atoms with Gasteiger partial charge in [-0.3, -0.25) is 0 Å². The maximum atomic E-state index is 5.31. The molecule has 4 heteroatoms. The van der Waals surface area contributed by atoms with E-state index in [0.717, 1.165) is 12.0 Å². The van der Waals surface area contributed by atoms with Crippen LogP contribution in [-0.4, -0.2) is 10.2 Å². The number of hydrogen-bond donors (Lipinski definition) is 0. The molecule has 0 unspecified atom stereocenters. The predicted molar refractivity (Wildman–Crippen MR) is 56.8 cm³/mol. The van der Waals surface area contributed by atoms with Gasteiger partial charge in [-0.1, -0.05) is 25.1 Å². The molecule has 0 spiro atoms. The van der Waals surface area contributed by atoms with E-state index in [1.165, 1.54) is 5.56 Å². The van der Waals surface area contributed by atoms with Gasteiger partial charge in [0.1, 0.15) is 0 Å². The maximum absolute atomic E-state index is 5.31. The summed E-state index contributed by atoms with van der Waals surface area (Å²) < 4.78 is 5.31. The second-order valence-electron chi connectivity index (χ2n) is 2.87. The van der Waals surface area contributed by atoms with Crippen molar-refractivity contribution in [1.29, 1.82) is 0 Å². The molecule has 0 amide bonds. The molecule has 0 aliphatic heterocycles. The molecule has 2 aromatic rings. The summed E-state index contributed by atoms with van der Waals surface area (Å²) in [5, 5.41) is 7.70. The molecule has 0 atom stereocenters. The van der Waals surface area contributed by atoms with Gasteiger partial charge in [0.15, 0.2) is 0 Å². The Labute approximate surface area is 90.3 Å². The number of nitrogens with zero attached hydrogens (tertiary/aromatic N) is 2. The molecule has 0 radical (unpaired) electrons. The highest BCUT2D eigenvalue weighted by Crippen LogP contribution is 2.23. The normalized spacial score (nSPS) is 10.4. The molecule has 0 aliphatic rings. The van der Waals surface area contributed by atoms with Crippen molar-refractivity contribution >= 4 is 15.9 Å². The summed E-state index contributed by atoms with van der Waals surface area (Å²) in [4.78, 5) is 0.415. The SMILES string of the molecule is CCc1ccccc1-c1nnc(Br)o1. The predicted octanol–water partition coefficient (Wildman–Crippen LogP) is 3.06. The Kier molecular flexibility index (Phi) is 2.63. The van der Waals surface area contributed by atoms with Crippen LogP contribution >= 0.6 is 15.9 Å². The number of benzene rings is 1. The molecule has 0 saturated heterocycles. The van der Waals surface area contributed by atoms with Crippen molar-refractivity contribution in [3.05, 3.63) is 34.6 Å². The minimum atomic E-state index is 0.415. The maximum Gasteiger partial charge on any atom is 0.285 e. The Morgan fingerprint density at radius 3 is 2.71 bits per heavy atom. The van der Waals surface area contributed by atoms with Gasteiger partial charge in [0.25, 0.3) is 4.80 Å². The van der Waals surface area contributed by atoms with E-state index in [1.54, 1.807) is 0 Å². The lowest BCUT2D eigenvalue weighted by Gasteiger charge is -2.01. The van der Waals surface area contributed by atoms with Crippen LogP contribution in [0.4, 0.5) is 0 Å². The van der Waals surface area contributed by atoms with E-state index in [-0.39, 0.29) is 0 Å². The lowest BCUT2D eigenvalue weighted by Crippen LogP contribution is -1.86. The van der Waals surface area contributed by atoms with Crippen LogP contribution in [0.3, 0.4) is 0 Å². The Balaban J connectivity index is 2.50. The fraction of sp³-hybridized carbons (Fsp3) is 0.200. The van der Waals surface area contributed by atoms with Crippen LogP contribution in [0.15, 0.2) is 33.5 Å². The highest BCUT2D eigenvalue weighted by Gasteiger charge is 2.09. The molecule has 0 bridgehead atoms. The number of aromatic nitrogens is 2. The van der Waals surface area contributed by atoms with E-state index in [2.05, 4.69) is 39.1 Å². The fourth-order valence-electron chi connectivity index (χ4n) is 1.35. The van der Waals surface area contributed by atoms with E-state index in [9.17, 15) is 0 Å². The van der Waals surface area contributed by atoms with Gasteiger partial charge in [0, 0.05) is 21.5 Å². The third-order valence-electron chi connectivity index (χ3n) is 2.03. The van der Waals surface area contributed by atoms with Gasteiger partial charge in [-0.2, -0.15) is 0 Å². The van der Waals surface area contributed by atoms with E-state index < -0.39 is 0 Å². The van der Waals surface area contributed by atoms with Crippen molar-refractivity contribution < 1.29 is 4.42 Å². The van der Waals surface area contributed by atoms with E-state index in [4.69, 9.17) is 4.42 Å². The van der Waals surface area contributed by atoms with Gasteiger partial charge in [-0.15, -0.1) is 10.2 Å². The Bertz CT molecular complexity index is 439. The molecule has 2 rings (SSSR count). The van der Waals surface area contributed by atoms with E-state index >= 15 is 0 Å². The molecule has 0 saturated carbocycles. The summed E-state index contributed by atoms with van der Waals surface area (Å²) in [5.41, 5.74) is 2.22. The highest BCUT2D eigenvalue weighted by atomic mass is 79.9. The van der Waals surface area contributed by atoms with Crippen LogP contribution in [-0.2, 0) is 6.42 Å². The summed E-state index contributed by atoms with van der Waals surface area (Å²) >= 11 is 3.14. The second-order valence-corrected chi connectivity index (χ2v) is 3.55. The Hall–Kier alpha value is -1.16. The molecular weight excluding hydrogens is 244 g/mol. The van der Waals surface area contributed by atoms with E-state index in [0.29, 0.717) is 10.7 Å². The van der Waals surface area contributed by atoms with Crippen LogP contribution in [0, 0.1) is 0 Å². The lowest BCUT2D eigenvalue weighted by atomic mass is 10.1. The molecule has 1 heterocycles. The third kappa shape index (κ3) is 1.70. The van der Waals surface area contributed by atoms with Crippen molar-refractivity contribution in [3.8, 4) is 11.5 Å². The van der Waals surface area contributed by atoms with Crippen LogP contribution in [0.1, 0.15) is 12.5 Å². The molecule has 0 N–H and O–H groups in total. The molecule has 3 nitrogen and oxygen atoms in total. The zero-order valence-electron chi connectivity index (χ0n) is 7.70. The van der Waals surface area contributed by atoms with Gasteiger partial charge < -0.3 is 4.42 Å². The monoisotopic (exact) mass is 252 g/mol. The van der Waals surface area contributed by atoms with Gasteiger partial charge in [-0.05, 0) is 18.1 Å². The largest absolute Gasteiger partial charge is 0.411 e. The molecule has 0 fully saturated rings. The number of halogens is 1. The number of rotatable bonds is 2. The minimum Gasteiger partial charge on any atom is -0.411 e. The first-order chi connectivity index (χ1) is 6.81. The average molecular weight is 253 g/mol. The molecule has 1 aromatic heterocycles. The summed E-state index contributed by atoms with van der Waals surface area (Å²) in [6.07, 6.45) is 0.955. The smallest absolute Gasteiger partial charge is 0.285 e. The Morgan fingerprint density at radius 2 is 2.07 bits per heavy atom. The average Bonchev–Trinajstić information content (AvgIpc) is 2.65. The van der Waals surface area contributed by atoms with Crippen LogP contribution in [0.25, 0.3) is 11.5 Å². The zero-order valence-corrected chi connectivity index (χ0v) is 9.28. The first kappa shape index (κ1) is 9.40. The van der Waals surface area contributed by atoms with Gasteiger partial charge in [0.05, 0.1) is 0 Å². The van der Waals surface area contributed by atoms with Gasteiger partial charge in [0.2, 0.25) is 5.89 Å². The molecule has 0 aliphatic carbocycles. The first-order valence-electron chi connectivity index (χ1n) is 4.38. The fourth-order valence-corrected chi connectivity index (χ4v) is 1.58. The van der Waals surface area contributed by atoms with Gasteiger partial charge >= 0.3 is 0 Å². The van der Waals surface area contributed by atoms with Crippen LogP contribution < -0.4 is 0 Å². The standard InChI is InChI=1S/C10H9BrN2O/c1-2-7-5-3-4-6-8(7)9-12-13-10(11)14-9/h3-6H,2H2,1H3. The molecule has 72 valence electrons. The summed E-state index contributed by atoms with van der Waals surface area (Å²) in [7, 11) is 0. The summed E-state index contributed by atoms with van der Waals surface area (Å²) in [6.45, 7) is 2.10. The third-order valence-corrected chi connectivity index (χ3v) is 2.35. The number of aryl methyl sites for hydroxylation is 1. The zero-order chi connectivity index (χ0) is 9.97. The number of hydrogen-bond acceptors (Lipinski definition) is 3. The minimum absolute atomic E-state index is 0.415. The molecular formula is C10H9BrN2O. The molecule has 1 aromatic carbocycles. The lowest BCUT2D eigenvalue weighted by molar-refractivity contribution is 0.540.